The molecule has 1 aliphatic rings. The highest BCUT2D eigenvalue weighted by Gasteiger charge is 2.38. The SMILES string of the molecule is CN(C)c1noc(CCC(=O)ON2C(=O)c3ccccc3C2=O)n1. The van der Waals surface area contributed by atoms with Crippen LogP contribution in [0.4, 0.5) is 5.95 Å². The number of anilines is 1. The first-order valence-electron chi connectivity index (χ1n) is 7.16. The van der Waals surface area contributed by atoms with Gasteiger partial charge in [-0.3, -0.25) is 9.59 Å². The van der Waals surface area contributed by atoms with Crippen LogP contribution in [-0.4, -0.2) is 47.1 Å². The van der Waals surface area contributed by atoms with Crippen molar-refractivity contribution in [2.75, 3.05) is 19.0 Å². The summed E-state index contributed by atoms with van der Waals surface area (Å²) in [6, 6.07) is 6.27. The number of rotatable bonds is 5. The average molecular weight is 330 g/mol. The Labute approximate surface area is 136 Å². The summed E-state index contributed by atoms with van der Waals surface area (Å²) in [4.78, 5) is 46.7. The summed E-state index contributed by atoms with van der Waals surface area (Å²) in [5.74, 6) is -1.40. The molecule has 0 unspecified atom stereocenters. The zero-order valence-corrected chi connectivity index (χ0v) is 13.1. The second-order valence-electron chi connectivity index (χ2n) is 5.30. The second kappa shape index (κ2) is 6.11. The number of nitrogens with zero attached hydrogens (tertiary/aromatic N) is 4. The van der Waals surface area contributed by atoms with Gasteiger partial charge in [0, 0.05) is 20.5 Å². The van der Waals surface area contributed by atoms with Crippen molar-refractivity contribution in [1.29, 1.82) is 0 Å². The Morgan fingerprint density at radius 3 is 2.38 bits per heavy atom. The van der Waals surface area contributed by atoms with Crippen molar-refractivity contribution < 1.29 is 23.7 Å². The first-order valence-corrected chi connectivity index (χ1v) is 7.16. The van der Waals surface area contributed by atoms with Gasteiger partial charge < -0.3 is 14.3 Å². The summed E-state index contributed by atoms with van der Waals surface area (Å²) in [5.41, 5.74) is 0.422. The van der Waals surface area contributed by atoms with Gasteiger partial charge in [-0.2, -0.15) is 4.98 Å². The fourth-order valence-corrected chi connectivity index (χ4v) is 2.14. The number of aromatic nitrogens is 2. The maximum Gasteiger partial charge on any atom is 0.333 e. The molecule has 0 atom stereocenters. The number of hydrogen-bond donors (Lipinski definition) is 0. The maximum absolute atomic E-state index is 12.1. The van der Waals surface area contributed by atoms with Crippen LogP contribution in [0.1, 0.15) is 33.0 Å². The number of imide groups is 1. The van der Waals surface area contributed by atoms with Crippen molar-refractivity contribution in [3.8, 4) is 0 Å². The molecule has 0 saturated heterocycles. The molecule has 2 heterocycles. The molecule has 3 rings (SSSR count). The molecule has 124 valence electrons. The van der Waals surface area contributed by atoms with Gasteiger partial charge in [-0.05, 0) is 17.3 Å². The third-order valence-electron chi connectivity index (χ3n) is 3.35. The number of hydrogen-bond acceptors (Lipinski definition) is 8. The van der Waals surface area contributed by atoms with Crippen molar-refractivity contribution in [2.24, 2.45) is 0 Å². The smallest absolute Gasteiger partial charge is 0.333 e. The molecule has 2 aromatic rings. The predicted octanol–water partition coefficient (Wildman–Crippen LogP) is 0.823. The van der Waals surface area contributed by atoms with E-state index in [0.29, 0.717) is 11.0 Å². The number of amides is 2. The standard InChI is InChI=1S/C15H14N4O5/c1-18(2)15-16-11(23-17-15)7-8-12(20)24-19-13(21)9-5-3-4-6-10(9)14(19)22/h3-6H,7-8H2,1-2H3. The molecule has 1 aliphatic heterocycles. The molecule has 0 spiro atoms. The van der Waals surface area contributed by atoms with E-state index >= 15 is 0 Å². The lowest BCUT2D eigenvalue weighted by molar-refractivity contribution is -0.168. The summed E-state index contributed by atoms with van der Waals surface area (Å²) < 4.78 is 4.98. The second-order valence-corrected chi connectivity index (χ2v) is 5.30. The third kappa shape index (κ3) is 2.83. The minimum Gasteiger partial charge on any atom is -0.344 e. The Balaban J connectivity index is 1.59. The molecule has 0 aliphatic carbocycles. The van der Waals surface area contributed by atoms with Gasteiger partial charge in [0.05, 0.1) is 17.5 Å². The van der Waals surface area contributed by atoms with Crippen LogP contribution in [0.3, 0.4) is 0 Å². The molecule has 24 heavy (non-hydrogen) atoms. The summed E-state index contributed by atoms with van der Waals surface area (Å²) in [6.07, 6.45) is 0.0330. The topological polar surface area (TPSA) is 106 Å². The Hall–Kier alpha value is -3.23. The zero-order chi connectivity index (χ0) is 17.3. The van der Waals surface area contributed by atoms with Gasteiger partial charge in [0.1, 0.15) is 0 Å². The Bertz CT molecular complexity index is 779. The lowest BCUT2D eigenvalue weighted by Crippen LogP contribution is -2.32. The van der Waals surface area contributed by atoms with Gasteiger partial charge in [-0.1, -0.05) is 17.2 Å². The molecular formula is C15H14N4O5. The highest BCUT2D eigenvalue weighted by atomic mass is 16.7. The van der Waals surface area contributed by atoms with E-state index < -0.39 is 17.8 Å². The molecule has 0 bridgehead atoms. The normalized spacial score (nSPS) is 13.2. The minimum absolute atomic E-state index is 0.109. The van der Waals surface area contributed by atoms with Crippen molar-refractivity contribution in [3.05, 3.63) is 41.3 Å². The van der Waals surface area contributed by atoms with E-state index in [9.17, 15) is 14.4 Å². The Morgan fingerprint density at radius 1 is 1.21 bits per heavy atom. The van der Waals surface area contributed by atoms with Crippen LogP contribution >= 0.6 is 0 Å². The summed E-state index contributed by atoms with van der Waals surface area (Å²) in [6.45, 7) is 0. The molecular weight excluding hydrogens is 316 g/mol. The van der Waals surface area contributed by atoms with Crippen LogP contribution in [0.25, 0.3) is 0 Å². The predicted molar refractivity (Wildman–Crippen MR) is 80.0 cm³/mol. The van der Waals surface area contributed by atoms with E-state index in [2.05, 4.69) is 10.1 Å². The first kappa shape index (κ1) is 15.7. The van der Waals surface area contributed by atoms with Crippen LogP contribution in [0.2, 0.25) is 0 Å². The van der Waals surface area contributed by atoms with E-state index in [1.54, 1.807) is 31.1 Å². The first-order chi connectivity index (χ1) is 11.5. The molecule has 1 aromatic carbocycles. The number of carbonyl (C=O) groups is 3. The summed E-state index contributed by atoms with van der Waals surface area (Å²) >= 11 is 0. The van der Waals surface area contributed by atoms with Crippen LogP contribution in [0.15, 0.2) is 28.8 Å². The molecule has 2 amide bonds. The van der Waals surface area contributed by atoms with Gasteiger partial charge in [0.25, 0.3) is 17.8 Å². The van der Waals surface area contributed by atoms with Crippen molar-refractivity contribution >= 4 is 23.7 Å². The van der Waals surface area contributed by atoms with E-state index in [4.69, 9.17) is 9.36 Å². The molecule has 9 heteroatoms. The molecule has 9 nitrogen and oxygen atoms in total. The monoisotopic (exact) mass is 330 g/mol. The molecule has 0 saturated carbocycles. The molecule has 0 fully saturated rings. The van der Waals surface area contributed by atoms with Crippen molar-refractivity contribution in [1.82, 2.24) is 15.2 Å². The Morgan fingerprint density at radius 2 is 1.83 bits per heavy atom. The van der Waals surface area contributed by atoms with Crippen LogP contribution in [0, 0.1) is 0 Å². The lowest BCUT2D eigenvalue weighted by atomic mass is 10.1. The van der Waals surface area contributed by atoms with E-state index in [0.717, 1.165) is 0 Å². The highest BCUT2D eigenvalue weighted by Crippen LogP contribution is 2.23. The van der Waals surface area contributed by atoms with Gasteiger partial charge in [-0.25, -0.2) is 4.79 Å². The zero-order valence-electron chi connectivity index (χ0n) is 13.1. The fourth-order valence-electron chi connectivity index (χ4n) is 2.14. The van der Waals surface area contributed by atoms with Crippen LogP contribution < -0.4 is 4.90 Å². The van der Waals surface area contributed by atoms with Gasteiger partial charge >= 0.3 is 5.97 Å². The maximum atomic E-state index is 12.1. The highest BCUT2D eigenvalue weighted by molar-refractivity contribution is 6.20. The number of benzene rings is 1. The summed E-state index contributed by atoms with van der Waals surface area (Å²) in [7, 11) is 3.51. The average Bonchev–Trinajstić information content (AvgIpc) is 3.13. The van der Waals surface area contributed by atoms with Crippen LogP contribution in [-0.2, 0) is 16.1 Å². The van der Waals surface area contributed by atoms with Gasteiger partial charge in [0.15, 0.2) is 0 Å². The lowest BCUT2D eigenvalue weighted by Gasteiger charge is -2.12. The van der Waals surface area contributed by atoms with E-state index in [1.807, 2.05) is 0 Å². The Kier molecular flexibility index (Phi) is 3.98. The number of carbonyl (C=O) groups excluding carboxylic acids is 3. The largest absolute Gasteiger partial charge is 0.344 e. The van der Waals surface area contributed by atoms with Crippen molar-refractivity contribution in [3.63, 3.8) is 0 Å². The minimum atomic E-state index is -0.742. The fraction of sp³-hybridized carbons (Fsp3) is 0.267. The third-order valence-corrected chi connectivity index (χ3v) is 3.35. The number of aryl methyl sites for hydroxylation is 1. The van der Waals surface area contributed by atoms with Crippen molar-refractivity contribution in [2.45, 2.75) is 12.8 Å². The molecule has 0 radical (unpaired) electrons. The molecule has 1 aromatic heterocycles. The van der Waals surface area contributed by atoms with Gasteiger partial charge in [-0.15, -0.1) is 0 Å². The summed E-state index contributed by atoms with van der Waals surface area (Å²) in [5, 5.41) is 4.20. The van der Waals surface area contributed by atoms with Gasteiger partial charge in [0.2, 0.25) is 5.89 Å². The quantitative estimate of drug-likeness (QED) is 0.742. The number of hydroxylamine groups is 2. The van der Waals surface area contributed by atoms with E-state index in [-0.39, 0.29) is 29.9 Å². The van der Waals surface area contributed by atoms with E-state index in [1.165, 1.54) is 12.1 Å². The van der Waals surface area contributed by atoms with Crippen LogP contribution in [0.5, 0.6) is 0 Å². The number of fused-ring (bicyclic) bond motifs is 1. The molecule has 0 N–H and O–H groups in total.